The van der Waals surface area contributed by atoms with Crippen LogP contribution < -0.4 is 16.0 Å². The SMILES string of the molecule is NC(=O)c1[c]cc(-c2cc3cc(OCC4(CN5CCCC5)CC4)ccc3[nH]2)c(=O)[nH]1. The highest BCUT2D eigenvalue weighted by Gasteiger charge is 2.45. The molecule has 155 valence electrons. The molecule has 4 N–H and O–H groups in total. The smallest absolute Gasteiger partial charge is 0.265 e. The minimum absolute atomic E-state index is 0.0292. The maximum Gasteiger partial charge on any atom is 0.265 e. The largest absolute Gasteiger partial charge is 0.493 e. The number of rotatable bonds is 7. The van der Waals surface area contributed by atoms with E-state index >= 15 is 0 Å². The molecular formula is C23H25N4O3. The zero-order valence-electron chi connectivity index (χ0n) is 16.8. The van der Waals surface area contributed by atoms with E-state index in [9.17, 15) is 9.59 Å². The third-order valence-corrected chi connectivity index (χ3v) is 6.23. The molecule has 5 rings (SSSR count). The lowest BCUT2D eigenvalue weighted by atomic mass is 10.1. The van der Waals surface area contributed by atoms with E-state index in [1.807, 2.05) is 24.3 Å². The van der Waals surface area contributed by atoms with Gasteiger partial charge < -0.3 is 25.3 Å². The maximum atomic E-state index is 12.3. The normalized spacial score (nSPS) is 18.0. The Morgan fingerprint density at radius 1 is 1.20 bits per heavy atom. The number of nitrogens with two attached hydrogens (primary N) is 1. The van der Waals surface area contributed by atoms with Gasteiger partial charge in [-0.2, -0.15) is 0 Å². The van der Waals surface area contributed by atoms with Crippen molar-refractivity contribution < 1.29 is 9.53 Å². The van der Waals surface area contributed by atoms with Crippen LogP contribution in [-0.4, -0.2) is 47.0 Å². The molecule has 7 nitrogen and oxygen atoms in total. The van der Waals surface area contributed by atoms with Crippen molar-refractivity contribution in [3.05, 3.63) is 52.4 Å². The zero-order valence-corrected chi connectivity index (χ0v) is 16.8. The second-order valence-corrected chi connectivity index (χ2v) is 8.60. The molecule has 2 aliphatic rings. The van der Waals surface area contributed by atoms with Crippen LogP contribution >= 0.6 is 0 Å². The Bertz CT molecular complexity index is 1150. The standard InChI is InChI=1S/C23H25N4O3/c24-21(28)19-6-4-17(22(29)26-19)20-12-15-11-16(3-5-18(15)25-20)30-14-23(7-8-23)13-27-9-1-2-10-27/h3-5,11-12,25H,1-2,7-10,13-14H2,(H2,24,28)(H,26,29). The molecule has 0 atom stereocenters. The van der Waals surface area contributed by atoms with Gasteiger partial charge in [-0.15, -0.1) is 0 Å². The van der Waals surface area contributed by atoms with Gasteiger partial charge in [0.2, 0.25) is 0 Å². The van der Waals surface area contributed by atoms with Crippen molar-refractivity contribution in [2.45, 2.75) is 25.7 Å². The molecule has 1 aliphatic carbocycles. The van der Waals surface area contributed by atoms with Gasteiger partial charge in [-0.3, -0.25) is 9.59 Å². The van der Waals surface area contributed by atoms with E-state index in [2.05, 4.69) is 20.9 Å². The van der Waals surface area contributed by atoms with Gasteiger partial charge in [0.1, 0.15) is 11.4 Å². The van der Waals surface area contributed by atoms with Crippen LogP contribution in [0.5, 0.6) is 5.75 Å². The summed E-state index contributed by atoms with van der Waals surface area (Å²) in [6, 6.07) is 12.0. The Morgan fingerprint density at radius 3 is 2.70 bits per heavy atom. The summed E-state index contributed by atoms with van der Waals surface area (Å²) in [6.45, 7) is 4.33. The second kappa shape index (κ2) is 7.32. The molecule has 30 heavy (non-hydrogen) atoms. The van der Waals surface area contributed by atoms with Crippen LogP contribution in [0.15, 0.2) is 35.1 Å². The van der Waals surface area contributed by atoms with E-state index in [1.54, 1.807) is 0 Å². The summed E-state index contributed by atoms with van der Waals surface area (Å²) >= 11 is 0. The van der Waals surface area contributed by atoms with E-state index in [0.717, 1.165) is 29.8 Å². The zero-order chi connectivity index (χ0) is 20.7. The Balaban J connectivity index is 1.32. The summed E-state index contributed by atoms with van der Waals surface area (Å²) in [5.41, 5.74) is 7.06. The number of primary amides is 1. The molecule has 1 saturated carbocycles. The molecule has 1 radical (unpaired) electrons. The summed E-state index contributed by atoms with van der Waals surface area (Å²) in [6.07, 6.45) is 5.10. The summed E-state index contributed by atoms with van der Waals surface area (Å²) in [5, 5.41) is 0.963. The van der Waals surface area contributed by atoms with Crippen molar-refractivity contribution in [2.24, 2.45) is 11.1 Å². The van der Waals surface area contributed by atoms with Gasteiger partial charge in [0.25, 0.3) is 11.5 Å². The summed E-state index contributed by atoms with van der Waals surface area (Å²) < 4.78 is 6.17. The van der Waals surface area contributed by atoms with Gasteiger partial charge in [0.05, 0.1) is 17.9 Å². The molecule has 1 aliphatic heterocycles. The number of pyridine rings is 1. The van der Waals surface area contributed by atoms with Crippen LogP contribution in [0.2, 0.25) is 0 Å². The first-order valence-corrected chi connectivity index (χ1v) is 10.4. The number of carbonyl (C=O) groups excluding carboxylic acids is 1. The summed E-state index contributed by atoms with van der Waals surface area (Å²) in [5.74, 6) is 0.126. The number of amides is 1. The van der Waals surface area contributed by atoms with E-state index in [0.29, 0.717) is 16.7 Å². The Morgan fingerprint density at radius 2 is 2.00 bits per heavy atom. The lowest BCUT2D eigenvalue weighted by Crippen LogP contribution is -2.31. The third kappa shape index (κ3) is 3.73. The average Bonchev–Trinajstić information content (AvgIpc) is 3.11. The fraction of sp³-hybridized carbons (Fsp3) is 0.391. The number of ether oxygens (including phenoxy) is 1. The van der Waals surface area contributed by atoms with Crippen LogP contribution in [0.3, 0.4) is 0 Å². The average molecular weight is 405 g/mol. The Labute approximate surface area is 174 Å². The van der Waals surface area contributed by atoms with Gasteiger partial charge in [0, 0.05) is 28.9 Å². The van der Waals surface area contributed by atoms with Gasteiger partial charge >= 0.3 is 0 Å². The van der Waals surface area contributed by atoms with E-state index < -0.39 is 5.91 Å². The lowest BCUT2D eigenvalue weighted by molar-refractivity contribution is 0.0995. The second-order valence-electron chi connectivity index (χ2n) is 8.60. The molecule has 2 fully saturated rings. The fourth-order valence-electron chi connectivity index (χ4n) is 4.28. The first kappa shape index (κ1) is 18.9. The predicted octanol–water partition coefficient (Wildman–Crippen LogP) is 2.68. The Kier molecular flexibility index (Phi) is 4.62. The fourth-order valence-corrected chi connectivity index (χ4v) is 4.28. The molecule has 3 aromatic rings. The molecule has 0 unspecified atom stereocenters. The number of fused-ring (bicyclic) bond motifs is 1. The monoisotopic (exact) mass is 405 g/mol. The molecule has 7 heteroatoms. The number of benzene rings is 1. The summed E-state index contributed by atoms with van der Waals surface area (Å²) in [4.78, 5) is 31.8. The number of nitrogens with one attached hydrogen (secondary N) is 2. The summed E-state index contributed by atoms with van der Waals surface area (Å²) in [7, 11) is 0. The highest BCUT2D eigenvalue weighted by atomic mass is 16.5. The third-order valence-electron chi connectivity index (χ3n) is 6.23. The van der Waals surface area contributed by atoms with Gasteiger partial charge in [0.15, 0.2) is 0 Å². The topological polar surface area (TPSA) is 104 Å². The van der Waals surface area contributed by atoms with Gasteiger partial charge in [-0.1, -0.05) is 0 Å². The molecule has 1 amide bonds. The highest BCUT2D eigenvalue weighted by molar-refractivity contribution is 5.91. The Hall–Kier alpha value is -3.06. The highest BCUT2D eigenvalue weighted by Crippen LogP contribution is 2.47. The van der Waals surface area contributed by atoms with Gasteiger partial charge in [-0.25, -0.2) is 0 Å². The number of nitrogens with zero attached hydrogens (tertiary/aromatic N) is 1. The van der Waals surface area contributed by atoms with Gasteiger partial charge in [-0.05, 0) is 69.1 Å². The van der Waals surface area contributed by atoms with Crippen molar-refractivity contribution in [3.8, 4) is 17.0 Å². The first-order valence-electron chi connectivity index (χ1n) is 10.4. The minimum Gasteiger partial charge on any atom is -0.493 e. The quantitative estimate of drug-likeness (QED) is 0.562. The maximum absolute atomic E-state index is 12.3. The molecular weight excluding hydrogens is 380 g/mol. The van der Waals surface area contributed by atoms with Crippen LogP contribution in [0, 0.1) is 11.5 Å². The number of hydrogen-bond acceptors (Lipinski definition) is 4. The molecule has 3 heterocycles. The number of carbonyl (C=O) groups is 1. The molecule has 1 aromatic carbocycles. The number of likely N-dealkylation sites (tertiary alicyclic amines) is 1. The molecule has 1 saturated heterocycles. The van der Waals surface area contributed by atoms with Crippen molar-refractivity contribution in [2.75, 3.05) is 26.2 Å². The number of H-pyrrole nitrogens is 2. The number of hydrogen-bond donors (Lipinski definition) is 3. The van der Waals surface area contributed by atoms with Crippen LogP contribution in [-0.2, 0) is 0 Å². The van der Waals surface area contributed by atoms with Crippen molar-refractivity contribution in [1.29, 1.82) is 0 Å². The van der Waals surface area contributed by atoms with Crippen molar-refractivity contribution in [3.63, 3.8) is 0 Å². The van der Waals surface area contributed by atoms with Crippen molar-refractivity contribution >= 4 is 16.8 Å². The molecule has 0 bridgehead atoms. The number of aromatic nitrogens is 2. The van der Waals surface area contributed by atoms with Crippen LogP contribution in [0.25, 0.3) is 22.2 Å². The number of aromatic amines is 2. The van der Waals surface area contributed by atoms with Crippen molar-refractivity contribution in [1.82, 2.24) is 14.9 Å². The van der Waals surface area contributed by atoms with E-state index in [1.165, 1.54) is 44.8 Å². The van der Waals surface area contributed by atoms with Crippen LogP contribution in [0.4, 0.5) is 0 Å². The minimum atomic E-state index is -0.713. The van der Waals surface area contributed by atoms with E-state index in [4.69, 9.17) is 10.5 Å². The predicted molar refractivity (Wildman–Crippen MR) is 115 cm³/mol. The van der Waals surface area contributed by atoms with Crippen LogP contribution in [0.1, 0.15) is 36.2 Å². The molecule has 2 aromatic heterocycles. The van der Waals surface area contributed by atoms with E-state index in [-0.39, 0.29) is 11.3 Å². The lowest BCUT2D eigenvalue weighted by Gasteiger charge is -2.23. The first-order chi connectivity index (χ1) is 14.5. The molecule has 0 spiro atoms.